The number of rotatable bonds is 5. The lowest BCUT2D eigenvalue weighted by Gasteiger charge is -2.23. The Balaban J connectivity index is 1.80. The van der Waals surface area contributed by atoms with Crippen LogP contribution >= 0.6 is 23.2 Å². The van der Waals surface area contributed by atoms with Crippen LogP contribution < -0.4 is 5.32 Å². The molecule has 2 rings (SSSR count). The Morgan fingerprint density at radius 1 is 1.21 bits per heavy atom. The van der Waals surface area contributed by atoms with Crippen molar-refractivity contribution in [2.24, 2.45) is 5.92 Å². The molecule has 0 aliphatic heterocycles. The van der Waals surface area contributed by atoms with Crippen LogP contribution in [0.2, 0.25) is 10.0 Å². The molecule has 1 aliphatic rings. The summed E-state index contributed by atoms with van der Waals surface area (Å²) in [5.41, 5.74) is 1.10. The van der Waals surface area contributed by atoms with E-state index < -0.39 is 0 Å². The average molecular weight is 300 g/mol. The largest absolute Gasteiger partial charge is 0.310 e. The summed E-state index contributed by atoms with van der Waals surface area (Å²) in [6, 6.07) is 5.93. The van der Waals surface area contributed by atoms with Crippen molar-refractivity contribution in [1.29, 1.82) is 0 Å². The molecule has 1 aliphatic carbocycles. The van der Waals surface area contributed by atoms with Crippen molar-refractivity contribution in [2.75, 3.05) is 6.54 Å². The van der Waals surface area contributed by atoms with Crippen LogP contribution in [0.3, 0.4) is 0 Å². The average Bonchev–Trinajstić information content (AvgIpc) is 2.42. The lowest BCUT2D eigenvalue weighted by molar-refractivity contribution is 0.329. The van der Waals surface area contributed by atoms with Crippen molar-refractivity contribution < 1.29 is 0 Å². The molecule has 1 fully saturated rings. The van der Waals surface area contributed by atoms with Gasteiger partial charge in [-0.25, -0.2) is 0 Å². The minimum Gasteiger partial charge on any atom is -0.310 e. The Hall–Kier alpha value is -0.240. The second kappa shape index (κ2) is 7.52. The molecule has 1 saturated carbocycles. The highest BCUT2D eigenvalue weighted by atomic mass is 35.5. The molecule has 1 unspecified atom stereocenters. The van der Waals surface area contributed by atoms with Gasteiger partial charge in [-0.1, -0.05) is 55.3 Å². The molecule has 106 valence electrons. The number of benzene rings is 1. The van der Waals surface area contributed by atoms with Crippen LogP contribution in [0.1, 0.15) is 57.1 Å². The molecule has 1 aromatic rings. The fourth-order valence-corrected chi connectivity index (χ4v) is 3.40. The van der Waals surface area contributed by atoms with E-state index in [1.807, 2.05) is 18.2 Å². The van der Waals surface area contributed by atoms with E-state index in [-0.39, 0.29) is 6.04 Å². The van der Waals surface area contributed by atoms with Crippen molar-refractivity contribution >= 4 is 23.2 Å². The molecular formula is C16H23Cl2N. The summed E-state index contributed by atoms with van der Waals surface area (Å²) in [6.07, 6.45) is 8.36. The molecule has 0 amide bonds. The first-order chi connectivity index (χ1) is 9.16. The molecule has 1 atom stereocenters. The molecule has 3 heteroatoms. The number of hydrogen-bond donors (Lipinski definition) is 1. The van der Waals surface area contributed by atoms with Crippen LogP contribution in [-0.2, 0) is 0 Å². The van der Waals surface area contributed by atoms with Gasteiger partial charge in [0.2, 0.25) is 0 Å². The van der Waals surface area contributed by atoms with Gasteiger partial charge >= 0.3 is 0 Å². The third kappa shape index (κ3) is 4.66. The standard InChI is InChI=1S/C16H23Cl2N/c1-12(15-11-14(17)7-8-16(15)18)19-10-9-13-5-3-2-4-6-13/h7-8,11-13,19H,2-6,9-10H2,1H3. The van der Waals surface area contributed by atoms with Crippen LogP contribution in [0.4, 0.5) is 0 Å². The summed E-state index contributed by atoms with van der Waals surface area (Å²) < 4.78 is 0. The number of hydrogen-bond acceptors (Lipinski definition) is 1. The predicted molar refractivity (Wildman–Crippen MR) is 84.1 cm³/mol. The van der Waals surface area contributed by atoms with E-state index in [0.717, 1.165) is 28.1 Å². The van der Waals surface area contributed by atoms with Crippen molar-refractivity contribution in [2.45, 2.75) is 51.5 Å². The van der Waals surface area contributed by atoms with Crippen molar-refractivity contribution in [3.8, 4) is 0 Å². The second-order valence-electron chi connectivity index (χ2n) is 5.63. The van der Waals surface area contributed by atoms with Crippen molar-refractivity contribution in [3.63, 3.8) is 0 Å². The number of halogens is 2. The van der Waals surface area contributed by atoms with Gasteiger partial charge < -0.3 is 5.32 Å². The molecule has 0 bridgehead atoms. The highest BCUT2D eigenvalue weighted by Crippen LogP contribution is 2.28. The summed E-state index contributed by atoms with van der Waals surface area (Å²) in [5, 5.41) is 5.12. The summed E-state index contributed by atoms with van der Waals surface area (Å²) in [4.78, 5) is 0. The lowest BCUT2D eigenvalue weighted by atomic mass is 9.87. The molecule has 1 aromatic carbocycles. The Kier molecular flexibility index (Phi) is 6.00. The quantitative estimate of drug-likeness (QED) is 0.744. The lowest BCUT2D eigenvalue weighted by Crippen LogP contribution is -2.23. The van der Waals surface area contributed by atoms with E-state index in [9.17, 15) is 0 Å². The van der Waals surface area contributed by atoms with Crippen LogP contribution in [0.5, 0.6) is 0 Å². The minimum absolute atomic E-state index is 0.259. The molecular weight excluding hydrogens is 277 g/mol. The Bertz CT molecular complexity index is 400. The molecule has 0 aromatic heterocycles. The monoisotopic (exact) mass is 299 g/mol. The minimum atomic E-state index is 0.259. The zero-order chi connectivity index (χ0) is 13.7. The molecule has 1 N–H and O–H groups in total. The van der Waals surface area contributed by atoms with Crippen molar-refractivity contribution in [3.05, 3.63) is 33.8 Å². The molecule has 1 nitrogen and oxygen atoms in total. The topological polar surface area (TPSA) is 12.0 Å². The van der Waals surface area contributed by atoms with E-state index in [2.05, 4.69) is 12.2 Å². The van der Waals surface area contributed by atoms with Crippen LogP contribution in [0.15, 0.2) is 18.2 Å². The van der Waals surface area contributed by atoms with Crippen LogP contribution in [0, 0.1) is 5.92 Å². The summed E-state index contributed by atoms with van der Waals surface area (Å²) in [5.74, 6) is 0.920. The molecule has 0 radical (unpaired) electrons. The molecule has 0 saturated heterocycles. The zero-order valence-corrected chi connectivity index (χ0v) is 13.1. The SMILES string of the molecule is CC(NCCC1CCCCC1)c1cc(Cl)ccc1Cl. The predicted octanol–water partition coefficient (Wildman–Crippen LogP) is 5.61. The Labute approximate surface area is 126 Å². The van der Waals surface area contributed by atoms with E-state index >= 15 is 0 Å². The van der Waals surface area contributed by atoms with Gasteiger partial charge in [0.15, 0.2) is 0 Å². The normalized spacial score (nSPS) is 18.5. The first-order valence-corrected chi connectivity index (χ1v) is 8.10. The van der Waals surface area contributed by atoms with Gasteiger partial charge in [0.1, 0.15) is 0 Å². The maximum atomic E-state index is 6.22. The van der Waals surface area contributed by atoms with Gasteiger partial charge in [-0.05, 0) is 49.6 Å². The van der Waals surface area contributed by atoms with Gasteiger partial charge in [-0.3, -0.25) is 0 Å². The van der Waals surface area contributed by atoms with Gasteiger partial charge in [-0.2, -0.15) is 0 Å². The van der Waals surface area contributed by atoms with E-state index in [1.54, 1.807) is 0 Å². The first kappa shape index (κ1) is 15.2. The molecule has 0 heterocycles. The van der Waals surface area contributed by atoms with Crippen molar-refractivity contribution in [1.82, 2.24) is 5.32 Å². The highest BCUT2D eigenvalue weighted by Gasteiger charge is 2.14. The maximum absolute atomic E-state index is 6.22. The third-order valence-electron chi connectivity index (χ3n) is 4.15. The van der Waals surface area contributed by atoms with Gasteiger partial charge in [-0.15, -0.1) is 0 Å². The fourth-order valence-electron chi connectivity index (χ4n) is 2.94. The van der Waals surface area contributed by atoms with Crippen LogP contribution in [0.25, 0.3) is 0 Å². The smallest absolute Gasteiger partial charge is 0.0454 e. The fraction of sp³-hybridized carbons (Fsp3) is 0.625. The van der Waals surface area contributed by atoms with E-state index in [0.29, 0.717) is 0 Å². The van der Waals surface area contributed by atoms with E-state index in [4.69, 9.17) is 23.2 Å². The summed E-state index contributed by atoms with van der Waals surface area (Å²) in [7, 11) is 0. The highest BCUT2D eigenvalue weighted by molar-refractivity contribution is 6.33. The molecule has 19 heavy (non-hydrogen) atoms. The number of nitrogens with one attached hydrogen (secondary N) is 1. The maximum Gasteiger partial charge on any atom is 0.0454 e. The third-order valence-corrected chi connectivity index (χ3v) is 4.73. The summed E-state index contributed by atoms with van der Waals surface area (Å²) >= 11 is 12.3. The Morgan fingerprint density at radius 3 is 2.68 bits per heavy atom. The second-order valence-corrected chi connectivity index (χ2v) is 6.48. The van der Waals surface area contributed by atoms with Crippen LogP contribution in [-0.4, -0.2) is 6.54 Å². The van der Waals surface area contributed by atoms with Gasteiger partial charge in [0, 0.05) is 16.1 Å². The summed E-state index contributed by atoms with van der Waals surface area (Å²) in [6.45, 7) is 3.22. The van der Waals surface area contributed by atoms with Gasteiger partial charge in [0.25, 0.3) is 0 Å². The first-order valence-electron chi connectivity index (χ1n) is 7.35. The Morgan fingerprint density at radius 2 is 1.95 bits per heavy atom. The van der Waals surface area contributed by atoms with Gasteiger partial charge in [0.05, 0.1) is 0 Å². The van der Waals surface area contributed by atoms with E-state index in [1.165, 1.54) is 38.5 Å². The molecule has 0 spiro atoms. The zero-order valence-electron chi connectivity index (χ0n) is 11.6.